The molecule has 0 amide bonds. The van der Waals surface area contributed by atoms with E-state index in [0.717, 1.165) is 12.1 Å². The van der Waals surface area contributed by atoms with E-state index in [1.54, 1.807) is 44.2 Å². The van der Waals surface area contributed by atoms with Crippen LogP contribution in [0.15, 0.2) is 67.5 Å². The number of aromatic hydroxyl groups is 2. The molecular weight excluding hydrogens is 376 g/mol. The number of ether oxygens (including phenoxy) is 1. The molecule has 2 heterocycles. The van der Waals surface area contributed by atoms with Gasteiger partial charge in [0.15, 0.2) is 11.5 Å². The predicted octanol–water partition coefficient (Wildman–Crippen LogP) is 3.37. The van der Waals surface area contributed by atoms with E-state index >= 15 is 0 Å². The topological polar surface area (TPSA) is 110 Å². The van der Waals surface area contributed by atoms with Crippen molar-refractivity contribution in [3.63, 3.8) is 0 Å². The lowest BCUT2D eigenvalue weighted by atomic mass is 9.91. The number of hydrogen-bond donors (Lipinski definition) is 2. The average Bonchev–Trinajstić information content (AvgIpc) is 2.68. The monoisotopic (exact) mass is 396 g/mol. The zero-order chi connectivity index (χ0) is 21.1. The fourth-order valence-electron chi connectivity index (χ4n) is 2.98. The molecule has 150 valence electrons. The van der Waals surface area contributed by atoms with E-state index in [4.69, 9.17) is 13.6 Å². The minimum Gasteiger partial charge on any atom is -0.502 e. The van der Waals surface area contributed by atoms with Gasteiger partial charge in [-0.15, -0.1) is 0 Å². The first-order chi connectivity index (χ1) is 13.8. The lowest BCUT2D eigenvalue weighted by molar-refractivity contribution is 0.345. The van der Waals surface area contributed by atoms with Crippen molar-refractivity contribution in [3.8, 4) is 17.2 Å². The van der Waals surface area contributed by atoms with Gasteiger partial charge in [0.05, 0.1) is 0 Å². The molecule has 0 spiro atoms. The Balaban J connectivity index is 2.25. The van der Waals surface area contributed by atoms with Crippen LogP contribution in [0.4, 0.5) is 0 Å². The van der Waals surface area contributed by atoms with Crippen molar-refractivity contribution in [2.45, 2.75) is 19.8 Å². The van der Waals surface area contributed by atoms with Gasteiger partial charge in [0.1, 0.15) is 29.8 Å². The molecule has 29 heavy (non-hydrogen) atoms. The summed E-state index contributed by atoms with van der Waals surface area (Å²) in [7, 11) is 0. The lowest BCUT2D eigenvalue weighted by Gasteiger charge is -2.18. The van der Waals surface area contributed by atoms with E-state index in [0.29, 0.717) is 17.9 Å². The van der Waals surface area contributed by atoms with Crippen LogP contribution in [0, 0.1) is 13.8 Å². The van der Waals surface area contributed by atoms with Crippen molar-refractivity contribution in [1.82, 2.24) is 0 Å². The van der Waals surface area contributed by atoms with Crippen LogP contribution in [-0.2, 0) is 0 Å². The van der Waals surface area contributed by atoms with Gasteiger partial charge in [-0.2, -0.15) is 0 Å². The lowest BCUT2D eigenvalue weighted by Crippen LogP contribution is -2.13. The quantitative estimate of drug-likeness (QED) is 0.615. The third-order valence-electron chi connectivity index (χ3n) is 4.25. The number of benzene rings is 1. The minimum atomic E-state index is -1.04. The first kappa shape index (κ1) is 20.0. The van der Waals surface area contributed by atoms with Crippen molar-refractivity contribution < 1.29 is 23.8 Å². The standard InChI is InChI=1S/C22H20O7/c1-4-9-27-15-7-5-14(6-8-15)18(21-19(25)16(23)10-12(2)28-21)22-20(26)17(24)11-13(3)29-22/h4-8,10-11,18,25-26H,1,9H2,2-3H3. The highest BCUT2D eigenvalue weighted by Gasteiger charge is 2.30. The molecule has 2 N–H and O–H groups in total. The van der Waals surface area contributed by atoms with Gasteiger partial charge in [0, 0.05) is 12.1 Å². The summed E-state index contributed by atoms with van der Waals surface area (Å²) >= 11 is 0. The summed E-state index contributed by atoms with van der Waals surface area (Å²) in [5, 5.41) is 20.7. The van der Waals surface area contributed by atoms with Gasteiger partial charge >= 0.3 is 0 Å². The molecule has 0 aliphatic heterocycles. The highest BCUT2D eigenvalue weighted by Crippen LogP contribution is 2.39. The second-order valence-corrected chi connectivity index (χ2v) is 6.47. The second-order valence-electron chi connectivity index (χ2n) is 6.47. The molecule has 0 fully saturated rings. The van der Waals surface area contributed by atoms with Crippen LogP contribution < -0.4 is 15.6 Å². The molecule has 0 aliphatic rings. The predicted molar refractivity (Wildman–Crippen MR) is 106 cm³/mol. The largest absolute Gasteiger partial charge is 0.502 e. The van der Waals surface area contributed by atoms with Crippen LogP contribution in [0.25, 0.3) is 0 Å². The normalized spacial score (nSPS) is 10.9. The van der Waals surface area contributed by atoms with E-state index in [9.17, 15) is 19.8 Å². The van der Waals surface area contributed by atoms with Crippen molar-refractivity contribution in [3.05, 3.63) is 98.1 Å². The molecule has 0 aliphatic carbocycles. The SMILES string of the molecule is C=CCOc1ccc(C(c2oc(C)cc(=O)c2O)c2oc(C)cc(=O)c2O)cc1. The van der Waals surface area contributed by atoms with Crippen LogP contribution in [-0.4, -0.2) is 16.8 Å². The fraction of sp³-hybridized carbons (Fsp3) is 0.182. The van der Waals surface area contributed by atoms with Crippen molar-refractivity contribution >= 4 is 0 Å². The Kier molecular flexibility index (Phi) is 5.59. The Morgan fingerprint density at radius 1 is 0.966 bits per heavy atom. The van der Waals surface area contributed by atoms with Gasteiger partial charge < -0.3 is 23.8 Å². The fourth-order valence-corrected chi connectivity index (χ4v) is 2.98. The van der Waals surface area contributed by atoms with Crippen molar-refractivity contribution in [2.75, 3.05) is 6.61 Å². The molecule has 0 radical (unpaired) electrons. The van der Waals surface area contributed by atoms with Crippen LogP contribution in [0.2, 0.25) is 0 Å². The van der Waals surface area contributed by atoms with Crippen LogP contribution in [0.3, 0.4) is 0 Å². The Labute approximate surface area is 166 Å². The summed E-state index contributed by atoms with van der Waals surface area (Å²) in [6.07, 6.45) is 1.61. The number of hydrogen-bond acceptors (Lipinski definition) is 7. The zero-order valence-corrected chi connectivity index (χ0v) is 16.0. The first-order valence-corrected chi connectivity index (χ1v) is 8.82. The van der Waals surface area contributed by atoms with Gasteiger partial charge in [0.25, 0.3) is 0 Å². The molecule has 2 aromatic heterocycles. The number of aryl methyl sites for hydroxylation is 2. The van der Waals surface area contributed by atoms with Gasteiger partial charge in [-0.05, 0) is 31.5 Å². The van der Waals surface area contributed by atoms with E-state index < -0.39 is 28.3 Å². The molecule has 7 nitrogen and oxygen atoms in total. The molecule has 0 saturated carbocycles. The van der Waals surface area contributed by atoms with E-state index in [-0.39, 0.29) is 23.0 Å². The van der Waals surface area contributed by atoms with E-state index in [1.807, 2.05) is 0 Å². The maximum atomic E-state index is 12.1. The van der Waals surface area contributed by atoms with Crippen molar-refractivity contribution in [1.29, 1.82) is 0 Å². The summed E-state index contributed by atoms with van der Waals surface area (Å²) in [5.41, 5.74) is -0.785. The third kappa shape index (κ3) is 4.08. The highest BCUT2D eigenvalue weighted by molar-refractivity contribution is 5.46. The third-order valence-corrected chi connectivity index (χ3v) is 4.25. The Hall–Kier alpha value is -3.74. The highest BCUT2D eigenvalue weighted by atomic mass is 16.5. The molecule has 7 heteroatoms. The van der Waals surface area contributed by atoms with E-state index in [1.165, 1.54) is 0 Å². The smallest absolute Gasteiger partial charge is 0.227 e. The molecule has 0 bridgehead atoms. The summed E-state index contributed by atoms with van der Waals surface area (Å²) in [6.45, 7) is 7.02. The zero-order valence-electron chi connectivity index (χ0n) is 16.0. The molecule has 3 aromatic rings. The molecule has 0 atom stereocenters. The Morgan fingerprint density at radius 3 is 1.90 bits per heavy atom. The summed E-state index contributed by atoms with van der Waals surface area (Å²) in [6, 6.07) is 8.95. The molecule has 1 aromatic carbocycles. The number of rotatable bonds is 6. The summed E-state index contributed by atoms with van der Waals surface area (Å²) < 4.78 is 16.7. The van der Waals surface area contributed by atoms with Gasteiger partial charge in [-0.3, -0.25) is 9.59 Å². The van der Waals surface area contributed by atoms with Crippen molar-refractivity contribution in [2.24, 2.45) is 0 Å². The minimum absolute atomic E-state index is 0.140. The van der Waals surface area contributed by atoms with Gasteiger partial charge in [-0.1, -0.05) is 24.8 Å². The average molecular weight is 396 g/mol. The maximum Gasteiger partial charge on any atom is 0.227 e. The van der Waals surface area contributed by atoms with Gasteiger partial charge in [0.2, 0.25) is 22.4 Å². The second kappa shape index (κ2) is 8.10. The Bertz CT molecular complexity index is 1090. The molecule has 3 rings (SSSR count). The molecule has 0 saturated heterocycles. The Morgan fingerprint density at radius 2 is 1.45 bits per heavy atom. The van der Waals surface area contributed by atoms with Crippen LogP contribution in [0.1, 0.15) is 34.5 Å². The first-order valence-electron chi connectivity index (χ1n) is 8.82. The molecular formula is C22H20O7. The van der Waals surface area contributed by atoms with Gasteiger partial charge in [-0.25, -0.2) is 0 Å². The van der Waals surface area contributed by atoms with Crippen LogP contribution >= 0.6 is 0 Å². The van der Waals surface area contributed by atoms with Crippen LogP contribution in [0.5, 0.6) is 17.2 Å². The molecule has 0 unspecified atom stereocenters. The maximum absolute atomic E-state index is 12.1. The summed E-state index contributed by atoms with van der Waals surface area (Å²) in [4.78, 5) is 24.2. The van der Waals surface area contributed by atoms with E-state index in [2.05, 4.69) is 6.58 Å². The summed E-state index contributed by atoms with van der Waals surface area (Å²) in [5.74, 6) is -1.49.